The van der Waals surface area contributed by atoms with Crippen molar-refractivity contribution in [2.24, 2.45) is 16.8 Å². The Hall–Kier alpha value is -3.37. The second kappa shape index (κ2) is 10.1. The van der Waals surface area contributed by atoms with Crippen LogP contribution in [-0.4, -0.2) is 38.5 Å². The number of carbonyl (C=O) groups is 1. The number of hydrogen-bond acceptors (Lipinski definition) is 7. The van der Waals surface area contributed by atoms with E-state index in [9.17, 15) is 4.79 Å². The first-order valence-corrected chi connectivity index (χ1v) is 10.1. The van der Waals surface area contributed by atoms with Gasteiger partial charge in [0.2, 0.25) is 11.9 Å². The van der Waals surface area contributed by atoms with Crippen LogP contribution in [0.2, 0.25) is 5.02 Å². The highest BCUT2D eigenvalue weighted by Gasteiger charge is 2.20. The molecule has 0 spiro atoms. The van der Waals surface area contributed by atoms with Crippen molar-refractivity contribution in [3.8, 4) is 6.01 Å². The standard InChI is InChI=1S/C20H25ClN8O2/c1-3-4-11-17(30)25-16-10-5-7-13(24-16)12-31-20-26-18-14(21)8-6-9-15(18)29(20)19(27-22)28(2)23/h5-10H,3-4,11-12,22-23H2,1-2H3,(H,24,25,30)/b27-19+. The molecular weight excluding hydrogens is 420 g/mol. The topological polar surface area (TPSA) is 137 Å². The summed E-state index contributed by atoms with van der Waals surface area (Å²) >= 11 is 6.29. The molecule has 0 bridgehead atoms. The summed E-state index contributed by atoms with van der Waals surface area (Å²) in [6, 6.07) is 10.8. The Labute approximate surface area is 184 Å². The molecule has 0 radical (unpaired) electrons. The number of rotatable bonds is 7. The molecule has 11 heteroatoms. The largest absolute Gasteiger partial charge is 0.458 e. The van der Waals surface area contributed by atoms with Gasteiger partial charge in [-0.15, -0.1) is 5.10 Å². The molecule has 5 N–H and O–H groups in total. The zero-order chi connectivity index (χ0) is 22.4. The average Bonchev–Trinajstić information content (AvgIpc) is 3.11. The Bertz CT molecular complexity index is 1100. The van der Waals surface area contributed by atoms with Crippen LogP contribution < -0.4 is 21.7 Å². The molecule has 1 aromatic carbocycles. The van der Waals surface area contributed by atoms with Gasteiger partial charge in [0.25, 0.3) is 0 Å². The highest BCUT2D eigenvalue weighted by molar-refractivity contribution is 6.35. The smallest absolute Gasteiger partial charge is 0.305 e. The quantitative estimate of drug-likeness (QED) is 0.220. The molecule has 2 aromatic heterocycles. The van der Waals surface area contributed by atoms with Crippen LogP contribution >= 0.6 is 11.6 Å². The Morgan fingerprint density at radius 1 is 1.29 bits per heavy atom. The number of nitrogens with one attached hydrogen (secondary N) is 1. The molecule has 0 aliphatic carbocycles. The van der Waals surface area contributed by atoms with Gasteiger partial charge in [0.05, 0.1) is 16.2 Å². The molecule has 0 unspecified atom stereocenters. The number of halogens is 1. The Morgan fingerprint density at radius 2 is 2.06 bits per heavy atom. The van der Waals surface area contributed by atoms with Crippen LogP contribution in [0.1, 0.15) is 31.9 Å². The molecule has 0 atom stereocenters. The van der Waals surface area contributed by atoms with Crippen molar-refractivity contribution in [3.05, 3.63) is 47.1 Å². The predicted molar refractivity (Wildman–Crippen MR) is 120 cm³/mol. The van der Waals surface area contributed by atoms with Gasteiger partial charge in [0, 0.05) is 13.5 Å². The number of imidazole rings is 1. The number of hydrazone groups is 1. The fourth-order valence-electron chi connectivity index (χ4n) is 2.95. The molecule has 3 rings (SSSR count). The number of benzene rings is 1. The molecule has 3 aromatic rings. The zero-order valence-electron chi connectivity index (χ0n) is 17.4. The maximum absolute atomic E-state index is 12.0. The van der Waals surface area contributed by atoms with E-state index in [1.807, 2.05) is 6.92 Å². The third-order valence-electron chi connectivity index (χ3n) is 4.42. The van der Waals surface area contributed by atoms with Crippen LogP contribution in [0.15, 0.2) is 41.5 Å². The fraction of sp³-hybridized carbons (Fsp3) is 0.300. The lowest BCUT2D eigenvalue weighted by Gasteiger charge is -2.17. The number of amides is 1. The van der Waals surface area contributed by atoms with E-state index < -0.39 is 0 Å². The Kier molecular flexibility index (Phi) is 7.27. The second-order valence-electron chi connectivity index (χ2n) is 6.83. The highest BCUT2D eigenvalue weighted by atomic mass is 35.5. The molecule has 0 fully saturated rings. The number of aromatic nitrogens is 3. The lowest BCUT2D eigenvalue weighted by Crippen LogP contribution is -2.39. The number of fused-ring (bicyclic) bond motifs is 1. The number of nitrogens with zero attached hydrogens (tertiary/aromatic N) is 5. The maximum Gasteiger partial charge on any atom is 0.305 e. The van der Waals surface area contributed by atoms with Crippen molar-refractivity contribution in [1.82, 2.24) is 19.5 Å². The van der Waals surface area contributed by atoms with Crippen molar-refractivity contribution in [2.45, 2.75) is 32.8 Å². The summed E-state index contributed by atoms with van der Waals surface area (Å²) < 4.78 is 7.49. The van der Waals surface area contributed by atoms with Crippen LogP contribution in [0.3, 0.4) is 0 Å². The fourth-order valence-corrected chi connectivity index (χ4v) is 3.16. The Morgan fingerprint density at radius 3 is 2.77 bits per heavy atom. The van der Waals surface area contributed by atoms with Gasteiger partial charge in [-0.3, -0.25) is 9.80 Å². The van der Waals surface area contributed by atoms with Crippen molar-refractivity contribution in [2.75, 3.05) is 12.4 Å². The number of ether oxygens (including phenoxy) is 1. The summed E-state index contributed by atoms with van der Waals surface area (Å²) in [6.07, 6.45) is 2.23. The zero-order valence-corrected chi connectivity index (χ0v) is 18.1. The van der Waals surface area contributed by atoms with E-state index in [1.165, 1.54) is 5.01 Å². The molecule has 0 aliphatic heterocycles. The van der Waals surface area contributed by atoms with Crippen LogP contribution in [0, 0.1) is 0 Å². The van der Waals surface area contributed by atoms with E-state index in [0.29, 0.717) is 34.0 Å². The molecule has 10 nitrogen and oxygen atoms in total. The highest BCUT2D eigenvalue weighted by Crippen LogP contribution is 2.28. The van der Waals surface area contributed by atoms with Crippen LogP contribution in [0.25, 0.3) is 11.0 Å². The first kappa shape index (κ1) is 22.3. The number of anilines is 1. The third kappa shape index (κ3) is 5.22. The van der Waals surface area contributed by atoms with E-state index in [4.69, 9.17) is 28.0 Å². The summed E-state index contributed by atoms with van der Waals surface area (Å²) in [6.45, 7) is 2.12. The molecule has 0 aliphatic rings. The van der Waals surface area contributed by atoms with E-state index in [-0.39, 0.29) is 24.5 Å². The number of para-hydroxylation sites is 1. The maximum atomic E-state index is 12.0. The molecule has 31 heavy (non-hydrogen) atoms. The second-order valence-corrected chi connectivity index (χ2v) is 7.24. The minimum atomic E-state index is -0.0707. The molecule has 0 saturated carbocycles. The minimum absolute atomic E-state index is 0.0707. The number of unbranched alkanes of at least 4 members (excludes halogenated alkanes) is 1. The normalized spacial score (nSPS) is 11.5. The van der Waals surface area contributed by atoms with E-state index in [0.717, 1.165) is 12.8 Å². The third-order valence-corrected chi connectivity index (χ3v) is 4.72. The summed E-state index contributed by atoms with van der Waals surface area (Å²) in [5, 5.41) is 8.25. The number of pyridine rings is 1. The van der Waals surface area contributed by atoms with Gasteiger partial charge in [0.1, 0.15) is 17.9 Å². The average molecular weight is 445 g/mol. The number of hydrogen-bond donors (Lipinski definition) is 3. The summed E-state index contributed by atoms with van der Waals surface area (Å²) in [7, 11) is 1.60. The van der Waals surface area contributed by atoms with E-state index in [1.54, 1.807) is 48.0 Å². The number of nitrogens with two attached hydrogens (primary N) is 2. The summed E-state index contributed by atoms with van der Waals surface area (Å²) in [4.78, 5) is 20.9. The molecule has 0 saturated heterocycles. The predicted octanol–water partition coefficient (Wildman–Crippen LogP) is 2.68. The molecule has 164 valence electrons. The van der Waals surface area contributed by atoms with Gasteiger partial charge >= 0.3 is 6.01 Å². The van der Waals surface area contributed by atoms with Gasteiger partial charge < -0.3 is 15.9 Å². The first-order valence-electron chi connectivity index (χ1n) is 9.76. The van der Waals surface area contributed by atoms with E-state index in [2.05, 4.69) is 20.4 Å². The lowest BCUT2D eigenvalue weighted by molar-refractivity contribution is -0.116. The first-order chi connectivity index (χ1) is 14.9. The minimum Gasteiger partial charge on any atom is -0.458 e. The SMILES string of the molecule is CCCCC(=O)Nc1cccc(COc2nc3c(Cl)cccc3n2/C(=N/N)N(C)N)n1. The number of hydrazine groups is 1. The van der Waals surface area contributed by atoms with Crippen molar-refractivity contribution in [3.63, 3.8) is 0 Å². The van der Waals surface area contributed by atoms with Crippen LogP contribution in [0.5, 0.6) is 6.01 Å². The van der Waals surface area contributed by atoms with Crippen molar-refractivity contribution < 1.29 is 9.53 Å². The van der Waals surface area contributed by atoms with Gasteiger partial charge in [-0.05, 0) is 30.7 Å². The molecular formula is C20H25ClN8O2. The number of carbonyl (C=O) groups excluding carboxylic acids is 1. The summed E-state index contributed by atoms with van der Waals surface area (Å²) in [5.41, 5.74) is 1.76. The lowest BCUT2D eigenvalue weighted by atomic mass is 10.2. The van der Waals surface area contributed by atoms with Crippen LogP contribution in [0.4, 0.5) is 5.82 Å². The molecule has 1 amide bonds. The van der Waals surface area contributed by atoms with Gasteiger partial charge in [-0.2, -0.15) is 4.98 Å². The monoisotopic (exact) mass is 444 g/mol. The van der Waals surface area contributed by atoms with E-state index >= 15 is 0 Å². The van der Waals surface area contributed by atoms with Crippen molar-refractivity contribution in [1.29, 1.82) is 0 Å². The molecule has 2 heterocycles. The Balaban J connectivity index is 1.85. The van der Waals surface area contributed by atoms with Gasteiger partial charge in [-0.1, -0.05) is 37.1 Å². The van der Waals surface area contributed by atoms with Gasteiger partial charge in [-0.25, -0.2) is 15.4 Å². The van der Waals surface area contributed by atoms with Crippen LogP contribution in [-0.2, 0) is 11.4 Å². The summed E-state index contributed by atoms with van der Waals surface area (Å²) in [5.74, 6) is 12.0. The van der Waals surface area contributed by atoms with Crippen molar-refractivity contribution >= 4 is 40.3 Å². The van der Waals surface area contributed by atoms with Gasteiger partial charge in [0.15, 0.2) is 0 Å².